The highest BCUT2D eigenvalue weighted by atomic mass is 32.2. The predicted octanol–water partition coefficient (Wildman–Crippen LogP) is 2.59. The number of halogens is 1. The summed E-state index contributed by atoms with van der Waals surface area (Å²) in [6, 6.07) is 10.4. The first kappa shape index (κ1) is 27.5. The normalized spacial score (nSPS) is 18.5. The molecule has 0 aliphatic carbocycles. The van der Waals surface area contributed by atoms with E-state index in [1.54, 1.807) is 17.0 Å². The smallest absolute Gasteiger partial charge is 0.294 e. The van der Waals surface area contributed by atoms with E-state index >= 15 is 0 Å². The Morgan fingerprint density at radius 1 is 1.00 bits per heavy atom. The zero-order chi connectivity index (χ0) is 27.9. The van der Waals surface area contributed by atoms with E-state index in [-0.39, 0.29) is 45.8 Å². The van der Waals surface area contributed by atoms with E-state index in [0.717, 1.165) is 20.7 Å². The number of carbonyl (C=O) groups is 3. The van der Waals surface area contributed by atoms with Crippen LogP contribution in [0.25, 0.3) is 10.9 Å². The molecule has 9 nitrogen and oxygen atoms in total. The monoisotopic (exact) mass is 542 g/mol. The fourth-order valence-electron chi connectivity index (χ4n) is 4.79. The third kappa shape index (κ3) is 5.34. The predicted molar refractivity (Wildman–Crippen MR) is 142 cm³/mol. The van der Waals surface area contributed by atoms with Crippen molar-refractivity contribution in [1.82, 2.24) is 18.7 Å². The number of likely N-dealkylation sites (N-methyl/N-ethyl adjacent to an activating group) is 1. The topological polar surface area (TPSA) is 100 Å². The third-order valence-corrected chi connectivity index (χ3v) is 7.91. The van der Waals surface area contributed by atoms with Crippen molar-refractivity contribution in [3.05, 3.63) is 71.2 Å². The van der Waals surface area contributed by atoms with Gasteiger partial charge in [0.05, 0.1) is 17.3 Å². The van der Waals surface area contributed by atoms with Crippen molar-refractivity contribution in [2.75, 3.05) is 33.4 Å². The summed E-state index contributed by atoms with van der Waals surface area (Å²) in [4.78, 5) is 43.8. The number of hydrogen-bond donors (Lipinski definition) is 0. The largest absolute Gasteiger partial charge is 0.342 e. The third-order valence-electron chi connectivity index (χ3n) is 6.90. The Hall–Kier alpha value is -3.57. The lowest BCUT2D eigenvalue weighted by Crippen LogP contribution is -2.57. The Morgan fingerprint density at radius 3 is 2.26 bits per heavy atom. The molecule has 202 valence electrons. The molecule has 4 rings (SSSR count). The average molecular weight is 543 g/mol. The van der Waals surface area contributed by atoms with Gasteiger partial charge in [-0.15, -0.1) is 0 Å². The van der Waals surface area contributed by atoms with Crippen molar-refractivity contribution in [2.24, 2.45) is 0 Å². The summed E-state index contributed by atoms with van der Waals surface area (Å²) in [5, 5.41) is 0.284. The maximum atomic E-state index is 13.8. The Balaban J connectivity index is 1.67. The number of aromatic nitrogens is 1. The van der Waals surface area contributed by atoms with Gasteiger partial charge in [-0.25, -0.2) is 16.8 Å². The highest BCUT2D eigenvalue weighted by Crippen LogP contribution is 2.28. The lowest BCUT2D eigenvalue weighted by atomic mass is 10.0. The zero-order valence-corrected chi connectivity index (χ0v) is 22.8. The van der Waals surface area contributed by atoms with Gasteiger partial charge in [-0.3, -0.25) is 19.3 Å². The summed E-state index contributed by atoms with van der Waals surface area (Å²) in [6.45, 7) is 5.48. The van der Waals surface area contributed by atoms with Crippen molar-refractivity contribution < 1.29 is 27.2 Å². The maximum absolute atomic E-state index is 13.8. The highest BCUT2D eigenvalue weighted by Gasteiger charge is 2.34. The van der Waals surface area contributed by atoms with E-state index in [1.165, 1.54) is 50.6 Å². The van der Waals surface area contributed by atoms with Gasteiger partial charge < -0.3 is 9.80 Å². The second kappa shape index (κ2) is 10.3. The second-order valence-electron chi connectivity index (χ2n) is 10.1. The van der Waals surface area contributed by atoms with Gasteiger partial charge in [0.1, 0.15) is 5.82 Å². The molecular weight excluding hydrogens is 511 g/mol. The maximum Gasteiger partial charge on any atom is 0.294 e. The summed E-state index contributed by atoms with van der Waals surface area (Å²) < 4.78 is 39.3. The van der Waals surface area contributed by atoms with Crippen LogP contribution < -0.4 is 0 Å². The van der Waals surface area contributed by atoms with Crippen LogP contribution in [-0.2, 0) is 21.4 Å². The molecule has 2 amide bonds. The van der Waals surface area contributed by atoms with Gasteiger partial charge in [0.25, 0.3) is 11.8 Å². The molecule has 2 atom stereocenters. The van der Waals surface area contributed by atoms with E-state index in [1.807, 2.05) is 13.8 Å². The molecule has 1 saturated heterocycles. The minimum Gasteiger partial charge on any atom is -0.342 e. The van der Waals surface area contributed by atoms with Crippen LogP contribution in [0.5, 0.6) is 0 Å². The molecule has 1 aliphatic heterocycles. The fourth-order valence-corrected chi connectivity index (χ4v) is 5.61. The average Bonchev–Trinajstić information content (AvgIpc) is 3.25. The first-order valence-corrected chi connectivity index (χ1v) is 14.0. The van der Waals surface area contributed by atoms with Crippen LogP contribution in [0.15, 0.2) is 48.7 Å². The molecule has 3 aromatic rings. The molecule has 1 aliphatic rings. The second-order valence-corrected chi connectivity index (χ2v) is 11.9. The van der Waals surface area contributed by atoms with Gasteiger partial charge >= 0.3 is 0 Å². The van der Waals surface area contributed by atoms with Crippen molar-refractivity contribution in [3.8, 4) is 0 Å². The van der Waals surface area contributed by atoms with Gasteiger partial charge in [-0.2, -0.15) is 0 Å². The molecule has 2 unspecified atom stereocenters. The molecule has 1 aromatic heterocycles. The number of benzene rings is 2. The number of carbonyl (C=O) groups excluding carboxylic acids is 3. The lowest BCUT2D eigenvalue weighted by Gasteiger charge is -2.44. The van der Waals surface area contributed by atoms with Crippen LogP contribution >= 0.6 is 0 Å². The number of fused-ring (bicyclic) bond motifs is 1. The standard InChI is InChI=1S/C27H31FN4O5S/c1-17-14-31(18(2)13-30(17)15-19-6-9-21(28)10-7-19)26(34)23-16-32(38(5,36)37)24-11-8-20(12-22(23)24)25(33)27(35)29(3)4/h6-12,16-18H,13-15H2,1-5H3. The number of nitrogens with zero attached hydrogens (tertiary/aromatic N) is 4. The Labute approximate surface area is 221 Å². The van der Waals surface area contributed by atoms with Crippen LogP contribution in [0, 0.1) is 5.82 Å². The summed E-state index contributed by atoms with van der Waals surface area (Å²) >= 11 is 0. The zero-order valence-electron chi connectivity index (χ0n) is 22.0. The van der Waals surface area contributed by atoms with Crippen LogP contribution in [0.2, 0.25) is 0 Å². The summed E-state index contributed by atoms with van der Waals surface area (Å²) in [7, 11) is -0.827. The van der Waals surface area contributed by atoms with Gasteiger partial charge in [-0.05, 0) is 49.7 Å². The van der Waals surface area contributed by atoms with Crippen molar-refractivity contribution >= 4 is 38.5 Å². The molecule has 0 bridgehead atoms. The number of Topliss-reactive ketones (excluding diaryl/α,β-unsaturated/α-hetero) is 1. The number of ketones is 1. The van der Waals surface area contributed by atoms with E-state index in [9.17, 15) is 27.2 Å². The lowest BCUT2D eigenvalue weighted by molar-refractivity contribution is -0.124. The summed E-state index contributed by atoms with van der Waals surface area (Å²) in [6.07, 6.45) is 2.32. The fraction of sp³-hybridized carbons (Fsp3) is 0.370. The quantitative estimate of drug-likeness (QED) is 0.351. The highest BCUT2D eigenvalue weighted by molar-refractivity contribution is 7.89. The molecule has 38 heavy (non-hydrogen) atoms. The number of piperazine rings is 1. The van der Waals surface area contributed by atoms with Crippen molar-refractivity contribution in [1.29, 1.82) is 0 Å². The van der Waals surface area contributed by atoms with Gasteiger partial charge in [-0.1, -0.05) is 12.1 Å². The first-order valence-electron chi connectivity index (χ1n) is 12.2. The molecule has 0 radical (unpaired) electrons. The SMILES string of the molecule is CC1CN(C(=O)c2cn(S(C)(=O)=O)c3ccc(C(=O)C(=O)N(C)C)cc23)C(C)CN1Cc1ccc(F)cc1. The van der Waals surface area contributed by atoms with Crippen LogP contribution in [0.1, 0.15) is 40.1 Å². The van der Waals surface area contributed by atoms with E-state index < -0.39 is 21.7 Å². The summed E-state index contributed by atoms with van der Waals surface area (Å²) in [5.41, 5.74) is 1.43. The Morgan fingerprint density at radius 2 is 1.66 bits per heavy atom. The minimum absolute atomic E-state index is 0.0155. The Kier molecular flexibility index (Phi) is 7.44. The molecule has 11 heteroatoms. The van der Waals surface area contributed by atoms with E-state index in [0.29, 0.717) is 19.6 Å². The van der Waals surface area contributed by atoms with Crippen LogP contribution in [-0.4, -0.2) is 90.2 Å². The minimum atomic E-state index is -3.76. The van der Waals surface area contributed by atoms with Gasteiger partial charge in [0, 0.05) is 63.0 Å². The molecular formula is C27H31FN4O5S. The van der Waals surface area contributed by atoms with E-state index in [4.69, 9.17) is 0 Å². The number of amides is 2. The van der Waals surface area contributed by atoms with E-state index in [2.05, 4.69) is 4.90 Å². The Bertz CT molecular complexity index is 1510. The molecule has 2 aromatic carbocycles. The molecule has 0 saturated carbocycles. The molecule has 2 heterocycles. The first-order chi connectivity index (χ1) is 17.8. The molecule has 1 fully saturated rings. The van der Waals surface area contributed by atoms with Gasteiger partial charge in [0.2, 0.25) is 15.8 Å². The number of rotatable bonds is 6. The van der Waals surface area contributed by atoms with Crippen LogP contribution in [0.3, 0.4) is 0 Å². The summed E-state index contributed by atoms with van der Waals surface area (Å²) in [5.74, 6) is -2.13. The van der Waals surface area contributed by atoms with Crippen molar-refractivity contribution in [2.45, 2.75) is 32.5 Å². The van der Waals surface area contributed by atoms with Gasteiger partial charge in [0.15, 0.2) is 0 Å². The molecule has 0 spiro atoms. The molecule has 0 N–H and O–H groups in total. The van der Waals surface area contributed by atoms with Crippen molar-refractivity contribution in [3.63, 3.8) is 0 Å². The number of hydrogen-bond acceptors (Lipinski definition) is 6. The van der Waals surface area contributed by atoms with Crippen LogP contribution in [0.4, 0.5) is 4.39 Å².